The van der Waals surface area contributed by atoms with Crippen molar-refractivity contribution in [2.45, 2.75) is 0 Å². The van der Waals surface area contributed by atoms with Gasteiger partial charge in [-0.3, -0.25) is 0 Å². The second-order valence-electron chi connectivity index (χ2n) is 2.12. The van der Waals surface area contributed by atoms with Crippen molar-refractivity contribution >= 4 is 17.6 Å². The fourth-order valence-electron chi connectivity index (χ4n) is 0.630. The van der Waals surface area contributed by atoms with Gasteiger partial charge in [-0.25, -0.2) is 9.97 Å². The summed E-state index contributed by atoms with van der Waals surface area (Å²) in [6.45, 7) is 0.653. The Bertz CT molecular complexity index is 227. The molecule has 0 aliphatic rings. The van der Waals surface area contributed by atoms with Crippen LogP contribution in [0.15, 0.2) is 12.4 Å². The molecular formula is C7H11N3OS. The minimum Gasteiger partial charge on any atom is -0.476 e. The second kappa shape index (κ2) is 4.82. The third kappa shape index (κ3) is 2.96. The summed E-state index contributed by atoms with van der Waals surface area (Å²) in [6, 6.07) is 0. The zero-order chi connectivity index (χ0) is 8.81. The molecule has 0 aliphatic carbocycles. The third-order valence-electron chi connectivity index (χ3n) is 1.19. The van der Waals surface area contributed by atoms with E-state index in [1.807, 2.05) is 6.26 Å². The van der Waals surface area contributed by atoms with Crippen molar-refractivity contribution in [3.63, 3.8) is 0 Å². The van der Waals surface area contributed by atoms with Crippen LogP contribution in [-0.2, 0) is 0 Å². The first-order valence-corrected chi connectivity index (χ1v) is 4.91. The zero-order valence-corrected chi connectivity index (χ0v) is 7.67. The van der Waals surface area contributed by atoms with Crippen LogP contribution in [0.25, 0.3) is 0 Å². The van der Waals surface area contributed by atoms with E-state index in [1.165, 1.54) is 12.4 Å². The van der Waals surface area contributed by atoms with Crippen molar-refractivity contribution in [2.24, 2.45) is 0 Å². The molecule has 66 valence electrons. The Morgan fingerprint density at radius 3 is 2.92 bits per heavy atom. The normalized spacial score (nSPS) is 9.75. The molecule has 0 amide bonds. The summed E-state index contributed by atoms with van der Waals surface area (Å²) in [6.07, 6.45) is 5.03. The summed E-state index contributed by atoms with van der Waals surface area (Å²) in [5, 5.41) is 0. The van der Waals surface area contributed by atoms with E-state index < -0.39 is 0 Å². The quantitative estimate of drug-likeness (QED) is 0.703. The van der Waals surface area contributed by atoms with Gasteiger partial charge >= 0.3 is 0 Å². The van der Waals surface area contributed by atoms with Gasteiger partial charge in [-0.1, -0.05) is 0 Å². The topological polar surface area (TPSA) is 61.0 Å². The van der Waals surface area contributed by atoms with Crippen LogP contribution in [0.3, 0.4) is 0 Å². The number of rotatable bonds is 4. The minimum absolute atomic E-state index is 0.409. The first-order chi connectivity index (χ1) is 5.83. The Labute approximate surface area is 75.5 Å². The molecule has 0 aliphatic heterocycles. The van der Waals surface area contributed by atoms with E-state index in [2.05, 4.69) is 9.97 Å². The molecule has 4 nitrogen and oxygen atoms in total. The molecule has 0 atom stereocenters. The number of nitrogen functional groups attached to an aromatic ring is 1. The van der Waals surface area contributed by atoms with E-state index in [0.717, 1.165) is 5.75 Å². The molecular weight excluding hydrogens is 174 g/mol. The number of hydrogen-bond acceptors (Lipinski definition) is 5. The van der Waals surface area contributed by atoms with Crippen molar-refractivity contribution in [3.8, 4) is 5.88 Å². The van der Waals surface area contributed by atoms with E-state index in [9.17, 15) is 0 Å². The van der Waals surface area contributed by atoms with E-state index in [-0.39, 0.29) is 0 Å². The smallest absolute Gasteiger partial charge is 0.232 e. The highest BCUT2D eigenvalue weighted by Crippen LogP contribution is 2.04. The lowest BCUT2D eigenvalue weighted by molar-refractivity contribution is 0.329. The van der Waals surface area contributed by atoms with Crippen molar-refractivity contribution in [1.82, 2.24) is 9.97 Å². The van der Waals surface area contributed by atoms with Crippen molar-refractivity contribution in [1.29, 1.82) is 0 Å². The highest BCUT2D eigenvalue weighted by atomic mass is 32.2. The van der Waals surface area contributed by atoms with Crippen LogP contribution >= 0.6 is 11.8 Å². The third-order valence-corrected chi connectivity index (χ3v) is 1.76. The molecule has 5 heteroatoms. The molecule has 1 aromatic heterocycles. The Balaban J connectivity index is 2.37. The molecule has 0 unspecified atom stereocenters. The highest BCUT2D eigenvalue weighted by Gasteiger charge is 1.94. The molecule has 0 fully saturated rings. The molecule has 0 saturated heterocycles. The molecule has 1 heterocycles. The molecule has 2 N–H and O–H groups in total. The molecule has 0 aromatic carbocycles. The van der Waals surface area contributed by atoms with Crippen molar-refractivity contribution < 1.29 is 4.74 Å². The van der Waals surface area contributed by atoms with Crippen molar-refractivity contribution in [2.75, 3.05) is 24.3 Å². The Morgan fingerprint density at radius 2 is 2.33 bits per heavy atom. The average Bonchev–Trinajstić information content (AvgIpc) is 2.09. The summed E-state index contributed by atoms with van der Waals surface area (Å²) in [4.78, 5) is 7.77. The van der Waals surface area contributed by atoms with Gasteiger partial charge in [0.25, 0.3) is 0 Å². The zero-order valence-electron chi connectivity index (χ0n) is 6.86. The van der Waals surface area contributed by atoms with Crippen LogP contribution in [-0.4, -0.2) is 28.6 Å². The predicted molar refractivity (Wildman–Crippen MR) is 50.3 cm³/mol. The fourth-order valence-corrected chi connectivity index (χ4v) is 0.880. The van der Waals surface area contributed by atoms with Crippen LogP contribution in [0.4, 0.5) is 5.82 Å². The van der Waals surface area contributed by atoms with Gasteiger partial charge in [0.1, 0.15) is 5.82 Å². The van der Waals surface area contributed by atoms with E-state index in [1.54, 1.807) is 11.8 Å². The van der Waals surface area contributed by atoms with Gasteiger partial charge in [0.15, 0.2) is 0 Å². The maximum absolute atomic E-state index is 5.35. The van der Waals surface area contributed by atoms with Gasteiger partial charge in [0.2, 0.25) is 5.88 Å². The molecule has 1 aromatic rings. The molecule has 0 saturated carbocycles. The molecule has 0 radical (unpaired) electrons. The number of thioether (sulfide) groups is 1. The van der Waals surface area contributed by atoms with E-state index >= 15 is 0 Å². The van der Waals surface area contributed by atoms with Gasteiger partial charge in [-0.2, -0.15) is 11.8 Å². The van der Waals surface area contributed by atoms with Crippen LogP contribution in [0.5, 0.6) is 5.88 Å². The summed E-state index contributed by atoms with van der Waals surface area (Å²) < 4.78 is 5.25. The SMILES string of the molecule is CSCCOc1cnc(N)cn1. The summed E-state index contributed by atoms with van der Waals surface area (Å²) >= 11 is 1.73. The summed E-state index contributed by atoms with van der Waals surface area (Å²) in [7, 11) is 0. The number of anilines is 1. The monoisotopic (exact) mass is 185 g/mol. The van der Waals surface area contributed by atoms with Gasteiger partial charge in [-0.15, -0.1) is 0 Å². The van der Waals surface area contributed by atoms with Crippen LogP contribution < -0.4 is 10.5 Å². The number of hydrogen-bond donors (Lipinski definition) is 1. The van der Waals surface area contributed by atoms with Gasteiger partial charge in [-0.05, 0) is 6.26 Å². The first-order valence-electron chi connectivity index (χ1n) is 3.52. The lowest BCUT2D eigenvalue weighted by atomic mass is 10.6. The maximum Gasteiger partial charge on any atom is 0.232 e. The van der Waals surface area contributed by atoms with Gasteiger partial charge < -0.3 is 10.5 Å². The Hall–Kier alpha value is -0.970. The number of ether oxygens (including phenoxy) is 1. The predicted octanol–water partition coefficient (Wildman–Crippen LogP) is 0.801. The Kier molecular flexibility index (Phi) is 3.66. The number of nitrogens with two attached hydrogens (primary N) is 1. The van der Waals surface area contributed by atoms with Crippen LogP contribution in [0, 0.1) is 0 Å². The standard InChI is InChI=1S/C7H11N3OS/c1-12-3-2-11-7-5-9-6(8)4-10-7/h4-5H,2-3H2,1H3,(H2,8,9). The minimum atomic E-state index is 0.409. The fraction of sp³-hybridized carbons (Fsp3) is 0.429. The van der Waals surface area contributed by atoms with Crippen LogP contribution in [0.1, 0.15) is 0 Å². The molecule has 0 spiro atoms. The van der Waals surface area contributed by atoms with Gasteiger partial charge in [0.05, 0.1) is 19.0 Å². The largest absolute Gasteiger partial charge is 0.476 e. The molecule has 12 heavy (non-hydrogen) atoms. The van der Waals surface area contributed by atoms with E-state index in [4.69, 9.17) is 10.5 Å². The Morgan fingerprint density at radius 1 is 1.50 bits per heavy atom. The first kappa shape index (κ1) is 9.12. The second-order valence-corrected chi connectivity index (χ2v) is 3.11. The van der Waals surface area contributed by atoms with Crippen molar-refractivity contribution in [3.05, 3.63) is 12.4 Å². The maximum atomic E-state index is 5.35. The number of nitrogens with zero attached hydrogens (tertiary/aromatic N) is 2. The number of aromatic nitrogens is 2. The van der Waals surface area contributed by atoms with Gasteiger partial charge in [0, 0.05) is 5.75 Å². The lowest BCUT2D eigenvalue weighted by Crippen LogP contribution is -2.02. The molecule has 1 rings (SSSR count). The van der Waals surface area contributed by atoms with E-state index in [0.29, 0.717) is 18.3 Å². The summed E-state index contributed by atoms with van der Waals surface area (Å²) in [5.41, 5.74) is 5.35. The summed E-state index contributed by atoms with van der Waals surface area (Å²) in [5.74, 6) is 1.89. The highest BCUT2D eigenvalue weighted by molar-refractivity contribution is 7.98. The lowest BCUT2D eigenvalue weighted by Gasteiger charge is -2.02. The van der Waals surface area contributed by atoms with Crippen LogP contribution in [0.2, 0.25) is 0 Å². The average molecular weight is 185 g/mol. The molecule has 0 bridgehead atoms.